The molecule has 2 aliphatic rings. The van der Waals surface area contributed by atoms with E-state index in [1.807, 2.05) is 0 Å². The summed E-state index contributed by atoms with van der Waals surface area (Å²) < 4.78 is 46.6. The van der Waals surface area contributed by atoms with Crippen molar-refractivity contribution in [2.75, 3.05) is 0 Å². The number of furan rings is 1. The summed E-state index contributed by atoms with van der Waals surface area (Å²) in [6, 6.07) is 5.89. The van der Waals surface area contributed by atoms with E-state index >= 15 is 0 Å². The van der Waals surface area contributed by atoms with Crippen molar-refractivity contribution < 1.29 is 17.6 Å². The Bertz CT molecular complexity index is 978. The average Bonchev–Trinajstić information content (AvgIpc) is 3.06. The van der Waals surface area contributed by atoms with E-state index < -0.39 is 11.7 Å². The van der Waals surface area contributed by atoms with Gasteiger partial charge in [-0.25, -0.2) is 0 Å². The summed E-state index contributed by atoms with van der Waals surface area (Å²) in [5.74, 6) is 2.30. The number of halogens is 4. The molecule has 0 N–H and O–H groups in total. The van der Waals surface area contributed by atoms with Crippen LogP contribution >= 0.6 is 22.6 Å². The third-order valence-corrected chi connectivity index (χ3v) is 6.95. The molecule has 29 heavy (non-hydrogen) atoms. The largest absolute Gasteiger partial charge is 0.456 e. The number of fused-ring (bicyclic) bond motifs is 3. The SMILES string of the molecule is CC(C)C1=CCCc2c1oc1c2CCC=C1C(I)Cc1ccccc1C(F)(F)F. The Morgan fingerprint density at radius 1 is 0.966 bits per heavy atom. The molecule has 1 nitrogen and oxygen atoms in total. The highest BCUT2D eigenvalue weighted by molar-refractivity contribution is 14.1. The van der Waals surface area contributed by atoms with Gasteiger partial charge in [-0.2, -0.15) is 13.2 Å². The zero-order valence-electron chi connectivity index (χ0n) is 16.6. The predicted molar refractivity (Wildman–Crippen MR) is 119 cm³/mol. The first-order valence-electron chi connectivity index (χ1n) is 10.1. The maximum atomic E-state index is 13.4. The summed E-state index contributed by atoms with van der Waals surface area (Å²) in [7, 11) is 0. The van der Waals surface area contributed by atoms with Crippen molar-refractivity contribution in [3.05, 3.63) is 70.2 Å². The fourth-order valence-electron chi connectivity index (χ4n) is 4.47. The van der Waals surface area contributed by atoms with Crippen molar-refractivity contribution in [3.63, 3.8) is 0 Å². The fourth-order valence-corrected chi connectivity index (χ4v) is 5.48. The summed E-state index contributed by atoms with van der Waals surface area (Å²) >= 11 is 2.28. The lowest BCUT2D eigenvalue weighted by Crippen LogP contribution is -2.15. The Labute approximate surface area is 183 Å². The van der Waals surface area contributed by atoms with E-state index in [4.69, 9.17) is 4.42 Å². The van der Waals surface area contributed by atoms with Crippen molar-refractivity contribution in [2.45, 2.75) is 56.1 Å². The molecule has 0 saturated heterocycles. The minimum Gasteiger partial charge on any atom is -0.456 e. The van der Waals surface area contributed by atoms with Crippen LogP contribution in [0.15, 0.2) is 40.8 Å². The van der Waals surface area contributed by atoms with E-state index in [9.17, 15) is 13.2 Å². The number of rotatable bonds is 4. The first-order valence-corrected chi connectivity index (χ1v) is 11.4. The van der Waals surface area contributed by atoms with Crippen LogP contribution in [0.25, 0.3) is 11.1 Å². The topological polar surface area (TPSA) is 13.1 Å². The summed E-state index contributed by atoms with van der Waals surface area (Å²) in [5.41, 5.74) is 4.69. The molecule has 5 heteroatoms. The van der Waals surface area contributed by atoms with Crippen LogP contribution in [0, 0.1) is 5.92 Å². The van der Waals surface area contributed by atoms with Gasteiger partial charge in [-0.3, -0.25) is 0 Å². The number of allylic oxidation sites excluding steroid dienone is 4. The molecule has 2 aromatic rings. The standard InChI is InChI=1S/C24H24F3IO/c1-14(2)16-8-5-9-17-18-10-6-11-19(23(18)29-22(16)17)21(28)13-15-7-3-4-12-20(15)24(25,26)27/h3-4,7-8,11-12,14,21H,5-6,9-10,13H2,1-2H3. The third kappa shape index (κ3) is 3.94. The van der Waals surface area contributed by atoms with Gasteiger partial charge in [0.15, 0.2) is 0 Å². The molecular formula is C24H24F3IO. The summed E-state index contributed by atoms with van der Waals surface area (Å²) in [6.07, 6.45) is 4.30. The van der Waals surface area contributed by atoms with Crippen molar-refractivity contribution >= 4 is 33.7 Å². The van der Waals surface area contributed by atoms with Crippen LogP contribution in [0.1, 0.15) is 60.5 Å². The molecule has 1 atom stereocenters. The zero-order valence-corrected chi connectivity index (χ0v) is 18.7. The van der Waals surface area contributed by atoms with Crippen LogP contribution in [0.4, 0.5) is 13.2 Å². The predicted octanol–water partition coefficient (Wildman–Crippen LogP) is 7.66. The van der Waals surface area contributed by atoms with Gasteiger partial charge >= 0.3 is 6.18 Å². The van der Waals surface area contributed by atoms with E-state index in [2.05, 4.69) is 48.6 Å². The second-order valence-corrected chi connectivity index (χ2v) is 9.60. The number of benzene rings is 1. The van der Waals surface area contributed by atoms with Crippen LogP contribution < -0.4 is 0 Å². The molecule has 0 bridgehead atoms. The van der Waals surface area contributed by atoms with E-state index in [0.29, 0.717) is 17.9 Å². The smallest absolute Gasteiger partial charge is 0.416 e. The third-order valence-electron chi connectivity index (χ3n) is 5.84. The molecule has 0 amide bonds. The summed E-state index contributed by atoms with van der Waals surface area (Å²) in [4.78, 5) is 0. The number of alkyl halides is 4. The van der Waals surface area contributed by atoms with Crippen LogP contribution in [0.3, 0.4) is 0 Å². The molecule has 0 fully saturated rings. The molecule has 2 aliphatic carbocycles. The van der Waals surface area contributed by atoms with Gasteiger partial charge in [0, 0.05) is 20.6 Å². The Kier molecular flexibility index (Phi) is 5.70. The maximum Gasteiger partial charge on any atom is 0.416 e. The average molecular weight is 512 g/mol. The van der Waals surface area contributed by atoms with Gasteiger partial charge in [-0.15, -0.1) is 0 Å². The zero-order chi connectivity index (χ0) is 20.8. The monoisotopic (exact) mass is 512 g/mol. The highest BCUT2D eigenvalue weighted by atomic mass is 127. The summed E-state index contributed by atoms with van der Waals surface area (Å²) in [6.45, 7) is 4.35. The molecule has 1 aromatic carbocycles. The molecule has 1 aromatic heterocycles. The quantitative estimate of drug-likeness (QED) is 0.303. The van der Waals surface area contributed by atoms with Crippen molar-refractivity contribution in [3.8, 4) is 0 Å². The molecule has 1 heterocycles. The Hall–Kier alpha value is -1.50. The summed E-state index contributed by atoms with van der Waals surface area (Å²) in [5, 5.41) is 0. The second-order valence-electron chi connectivity index (χ2n) is 8.09. The minimum absolute atomic E-state index is 0.0748. The van der Waals surface area contributed by atoms with Crippen LogP contribution in [0.2, 0.25) is 0 Å². The number of hydrogen-bond acceptors (Lipinski definition) is 1. The molecule has 0 spiro atoms. The van der Waals surface area contributed by atoms with Gasteiger partial charge in [0.25, 0.3) is 0 Å². The molecule has 1 unspecified atom stereocenters. The van der Waals surface area contributed by atoms with Crippen LogP contribution in [0.5, 0.6) is 0 Å². The number of hydrogen-bond donors (Lipinski definition) is 0. The van der Waals surface area contributed by atoms with Gasteiger partial charge in [0.05, 0.1) is 5.56 Å². The molecule has 4 rings (SSSR count). The van der Waals surface area contributed by atoms with Gasteiger partial charge in [-0.1, -0.05) is 66.8 Å². The van der Waals surface area contributed by atoms with Gasteiger partial charge < -0.3 is 4.42 Å². The van der Waals surface area contributed by atoms with E-state index in [1.165, 1.54) is 28.8 Å². The lowest BCUT2D eigenvalue weighted by Gasteiger charge is -2.20. The fraction of sp³-hybridized carbons (Fsp3) is 0.417. The first kappa shape index (κ1) is 20.8. The lowest BCUT2D eigenvalue weighted by molar-refractivity contribution is -0.138. The molecule has 0 radical (unpaired) electrons. The molecule has 0 saturated carbocycles. The first-order chi connectivity index (χ1) is 13.8. The van der Waals surface area contributed by atoms with E-state index in [0.717, 1.165) is 42.8 Å². The van der Waals surface area contributed by atoms with Crippen molar-refractivity contribution in [1.29, 1.82) is 0 Å². The van der Waals surface area contributed by atoms with Crippen molar-refractivity contribution in [1.82, 2.24) is 0 Å². The Balaban J connectivity index is 1.68. The van der Waals surface area contributed by atoms with E-state index in [1.54, 1.807) is 12.1 Å². The van der Waals surface area contributed by atoms with Gasteiger partial charge in [0.1, 0.15) is 11.5 Å². The van der Waals surface area contributed by atoms with E-state index in [-0.39, 0.29) is 3.92 Å². The molecular weight excluding hydrogens is 488 g/mol. The van der Waals surface area contributed by atoms with Crippen LogP contribution in [-0.4, -0.2) is 3.92 Å². The maximum absolute atomic E-state index is 13.4. The van der Waals surface area contributed by atoms with Crippen molar-refractivity contribution in [2.24, 2.45) is 5.92 Å². The Morgan fingerprint density at radius 3 is 2.17 bits per heavy atom. The highest BCUT2D eigenvalue weighted by Crippen LogP contribution is 2.44. The van der Waals surface area contributed by atoms with Gasteiger partial charge in [-0.05, 0) is 55.2 Å². The molecule has 154 valence electrons. The lowest BCUT2D eigenvalue weighted by atomic mass is 9.85. The second kappa shape index (κ2) is 7.97. The van der Waals surface area contributed by atoms with Crippen LogP contribution in [-0.2, 0) is 25.4 Å². The normalized spacial score (nSPS) is 17.5. The van der Waals surface area contributed by atoms with Gasteiger partial charge in [0.2, 0.25) is 0 Å². The minimum atomic E-state index is -4.33. The highest BCUT2D eigenvalue weighted by Gasteiger charge is 2.35. The molecule has 0 aliphatic heterocycles. The Morgan fingerprint density at radius 2 is 1.55 bits per heavy atom.